The van der Waals surface area contributed by atoms with Gasteiger partial charge < -0.3 is 5.32 Å². The number of benzene rings is 1. The minimum absolute atomic E-state index is 0.689. The summed E-state index contributed by atoms with van der Waals surface area (Å²) in [6.45, 7) is 1.53. The fourth-order valence-electron chi connectivity index (χ4n) is 1.43. The van der Waals surface area contributed by atoms with E-state index in [0.717, 1.165) is 12.1 Å². The molecule has 16 heavy (non-hydrogen) atoms. The van der Waals surface area contributed by atoms with Crippen LogP contribution < -0.4 is 5.32 Å². The molecule has 0 spiro atoms. The zero-order valence-corrected chi connectivity index (χ0v) is 10.9. The van der Waals surface area contributed by atoms with Crippen molar-refractivity contribution < 1.29 is 0 Å². The normalized spacial score (nSPS) is 10.6. The summed E-state index contributed by atoms with van der Waals surface area (Å²) in [4.78, 5) is 0. The molecule has 0 saturated heterocycles. The van der Waals surface area contributed by atoms with Gasteiger partial charge in [0.15, 0.2) is 0 Å². The monoisotopic (exact) mass is 271 g/mol. The number of rotatable bonds is 4. The van der Waals surface area contributed by atoms with Crippen molar-refractivity contribution in [3.05, 3.63) is 56.2 Å². The highest BCUT2D eigenvalue weighted by molar-refractivity contribution is 7.07. The van der Waals surface area contributed by atoms with Gasteiger partial charge in [-0.1, -0.05) is 29.3 Å². The molecule has 1 N–H and O–H groups in total. The van der Waals surface area contributed by atoms with Crippen LogP contribution in [0.15, 0.2) is 35.0 Å². The smallest absolute Gasteiger partial charge is 0.0465 e. The van der Waals surface area contributed by atoms with E-state index in [0.29, 0.717) is 16.6 Å². The maximum atomic E-state index is 6.07. The molecular formula is C12H11Cl2NS. The first-order valence-electron chi connectivity index (χ1n) is 4.92. The van der Waals surface area contributed by atoms with Crippen molar-refractivity contribution in [3.63, 3.8) is 0 Å². The Balaban J connectivity index is 1.95. The molecule has 2 aromatic rings. The molecule has 0 aliphatic carbocycles. The first-order chi connectivity index (χ1) is 7.77. The van der Waals surface area contributed by atoms with E-state index in [1.54, 1.807) is 11.3 Å². The fourth-order valence-corrected chi connectivity index (χ4v) is 2.63. The van der Waals surface area contributed by atoms with Gasteiger partial charge in [-0.15, -0.1) is 0 Å². The van der Waals surface area contributed by atoms with Crippen LogP contribution >= 0.6 is 34.5 Å². The highest BCUT2D eigenvalue weighted by Gasteiger charge is 2.04. The van der Waals surface area contributed by atoms with Gasteiger partial charge >= 0.3 is 0 Å². The summed E-state index contributed by atoms with van der Waals surface area (Å²) >= 11 is 13.8. The molecule has 1 nitrogen and oxygen atoms in total. The average Bonchev–Trinajstić information content (AvgIpc) is 2.75. The molecule has 84 valence electrons. The van der Waals surface area contributed by atoms with Gasteiger partial charge in [-0.05, 0) is 34.5 Å². The van der Waals surface area contributed by atoms with Gasteiger partial charge in [0.2, 0.25) is 0 Å². The molecule has 4 heteroatoms. The second-order valence-corrected chi connectivity index (χ2v) is 5.03. The Morgan fingerprint density at radius 3 is 2.44 bits per heavy atom. The lowest BCUT2D eigenvalue weighted by molar-refractivity contribution is 0.695. The van der Waals surface area contributed by atoms with Crippen LogP contribution in [0.4, 0.5) is 0 Å². The Morgan fingerprint density at radius 2 is 1.81 bits per heavy atom. The maximum Gasteiger partial charge on any atom is 0.0465 e. The molecule has 0 unspecified atom stereocenters. The SMILES string of the molecule is Clc1cccc(Cl)c1CNCc1ccsc1. The average molecular weight is 272 g/mol. The summed E-state index contributed by atoms with van der Waals surface area (Å²) in [5.74, 6) is 0. The predicted octanol–water partition coefficient (Wildman–Crippen LogP) is 4.34. The first-order valence-corrected chi connectivity index (χ1v) is 6.62. The summed E-state index contributed by atoms with van der Waals surface area (Å²) in [7, 11) is 0. The number of thiophene rings is 1. The molecule has 0 radical (unpaired) electrons. The van der Waals surface area contributed by atoms with Gasteiger partial charge in [0.1, 0.15) is 0 Å². The van der Waals surface area contributed by atoms with Gasteiger partial charge in [-0.3, -0.25) is 0 Å². The van der Waals surface area contributed by atoms with Gasteiger partial charge in [0.25, 0.3) is 0 Å². The maximum absolute atomic E-state index is 6.07. The van der Waals surface area contributed by atoms with Crippen molar-refractivity contribution in [2.24, 2.45) is 0 Å². The Morgan fingerprint density at radius 1 is 1.06 bits per heavy atom. The van der Waals surface area contributed by atoms with E-state index in [-0.39, 0.29) is 0 Å². The van der Waals surface area contributed by atoms with Crippen LogP contribution in [0.1, 0.15) is 11.1 Å². The van der Waals surface area contributed by atoms with Crippen LogP contribution in [-0.4, -0.2) is 0 Å². The fraction of sp³-hybridized carbons (Fsp3) is 0.167. The lowest BCUT2D eigenvalue weighted by Crippen LogP contribution is -2.12. The lowest BCUT2D eigenvalue weighted by atomic mass is 10.2. The van der Waals surface area contributed by atoms with E-state index < -0.39 is 0 Å². The van der Waals surface area contributed by atoms with E-state index in [1.165, 1.54) is 5.56 Å². The minimum Gasteiger partial charge on any atom is -0.308 e. The van der Waals surface area contributed by atoms with Crippen molar-refractivity contribution in [1.29, 1.82) is 0 Å². The second kappa shape index (κ2) is 5.69. The zero-order chi connectivity index (χ0) is 11.4. The van der Waals surface area contributed by atoms with E-state index in [9.17, 15) is 0 Å². The third-order valence-electron chi connectivity index (χ3n) is 2.27. The second-order valence-electron chi connectivity index (χ2n) is 3.44. The van der Waals surface area contributed by atoms with Crippen LogP contribution in [0.5, 0.6) is 0 Å². The Labute approximate surface area is 109 Å². The summed E-state index contributed by atoms with van der Waals surface area (Å²) in [5, 5.41) is 8.95. The van der Waals surface area contributed by atoms with Crippen molar-refractivity contribution in [1.82, 2.24) is 5.32 Å². The summed E-state index contributed by atoms with van der Waals surface area (Å²) < 4.78 is 0. The van der Waals surface area contributed by atoms with E-state index in [2.05, 4.69) is 22.1 Å². The third kappa shape index (κ3) is 2.98. The number of halogens is 2. The Hall–Kier alpha value is -0.540. The van der Waals surface area contributed by atoms with Gasteiger partial charge in [0, 0.05) is 28.7 Å². The summed E-state index contributed by atoms with van der Waals surface area (Å²) in [6.07, 6.45) is 0. The number of hydrogen-bond donors (Lipinski definition) is 1. The third-order valence-corrected chi connectivity index (χ3v) is 3.71. The molecule has 0 bridgehead atoms. The molecule has 0 fully saturated rings. The highest BCUT2D eigenvalue weighted by atomic mass is 35.5. The molecule has 1 heterocycles. The minimum atomic E-state index is 0.689. The van der Waals surface area contributed by atoms with E-state index in [4.69, 9.17) is 23.2 Å². The van der Waals surface area contributed by atoms with Gasteiger partial charge in [0.05, 0.1) is 0 Å². The summed E-state index contributed by atoms with van der Waals surface area (Å²) in [6, 6.07) is 7.67. The van der Waals surface area contributed by atoms with Crippen molar-refractivity contribution in [2.75, 3.05) is 0 Å². The molecular weight excluding hydrogens is 261 g/mol. The lowest BCUT2D eigenvalue weighted by Gasteiger charge is -2.07. The van der Waals surface area contributed by atoms with Crippen LogP contribution in [0.2, 0.25) is 10.0 Å². The number of nitrogens with one attached hydrogen (secondary N) is 1. The highest BCUT2D eigenvalue weighted by Crippen LogP contribution is 2.23. The number of hydrogen-bond acceptors (Lipinski definition) is 2. The molecule has 0 amide bonds. The molecule has 0 atom stereocenters. The molecule has 0 saturated carbocycles. The Bertz CT molecular complexity index is 434. The van der Waals surface area contributed by atoms with Crippen LogP contribution in [0.3, 0.4) is 0 Å². The van der Waals surface area contributed by atoms with E-state index in [1.807, 2.05) is 18.2 Å². The quantitative estimate of drug-likeness (QED) is 0.872. The summed E-state index contributed by atoms with van der Waals surface area (Å²) in [5.41, 5.74) is 2.24. The van der Waals surface area contributed by atoms with Crippen LogP contribution in [-0.2, 0) is 13.1 Å². The van der Waals surface area contributed by atoms with E-state index >= 15 is 0 Å². The van der Waals surface area contributed by atoms with Crippen molar-refractivity contribution in [2.45, 2.75) is 13.1 Å². The van der Waals surface area contributed by atoms with Crippen LogP contribution in [0.25, 0.3) is 0 Å². The molecule has 0 aliphatic rings. The Kier molecular flexibility index (Phi) is 4.24. The predicted molar refractivity (Wildman–Crippen MR) is 71.3 cm³/mol. The van der Waals surface area contributed by atoms with Crippen molar-refractivity contribution in [3.8, 4) is 0 Å². The molecule has 1 aromatic heterocycles. The largest absolute Gasteiger partial charge is 0.308 e. The molecule has 2 rings (SSSR count). The first kappa shape index (κ1) is 11.9. The van der Waals surface area contributed by atoms with Crippen LogP contribution in [0, 0.1) is 0 Å². The zero-order valence-electron chi connectivity index (χ0n) is 8.54. The molecule has 1 aromatic carbocycles. The van der Waals surface area contributed by atoms with Crippen molar-refractivity contribution >= 4 is 34.5 Å². The standard InChI is InChI=1S/C12H11Cl2NS/c13-11-2-1-3-12(14)10(11)7-15-6-9-4-5-16-8-9/h1-5,8,15H,6-7H2. The van der Waals surface area contributed by atoms with Gasteiger partial charge in [-0.25, -0.2) is 0 Å². The van der Waals surface area contributed by atoms with Gasteiger partial charge in [-0.2, -0.15) is 11.3 Å². The topological polar surface area (TPSA) is 12.0 Å². The molecule has 0 aliphatic heterocycles.